The van der Waals surface area contributed by atoms with Gasteiger partial charge in [0, 0.05) is 5.75 Å². The van der Waals surface area contributed by atoms with Crippen LogP contribution in [0.2, 0.25) is 0 Å². The third-order valence-electron chi connectivity index (χ3n) is 1.76. The van der Waals surface area contributed by atoms with Gasteiger partial charge in [-0.2, -0.15) is 4.68 Å². The minimum absolute atomic E-state index is 0. The Hall–Kier alpha value is -0.254. The number of rotatable bonds is 4. The van der Waals surface area contributed by atoms with Gasteiger partial charge in [-0.3, -0.25) is 0 Å². The summed E-state index contributed by atoms with van der Waals surface area (Å²) in [6.45, 7) is 0. The Bertz CT molecular complexity index is 491. The van der Waals surface area contributed by atoms with Crippen LogP contribution in [0.5, 0.6) is 0 Å². The molecule has 0 aliphatic rings. The molecule has 0 saturated carbocycles. The van der Waals surface area contributed by atoms with Gasteiger partial charge in [-0.1, -0.05) is 30.0 Å². The zero-order valence-electron chi connectivity index (χ0n) is 9.11. The standard InChI is InChI=1S/C9H8N4O2S.K/c14-8(15)6-16-9-10-11-12-13(9)7-4-2-1-3-5-7;/h1-5H,6H2,(H,14,15);/q;+1/p-1. The van der Waals surface area contributed by atoms with Crippen LogP contribution >= 0.6 is 11.8 Å². The second-order valence-corrected chi connectivity index (χ2v) is 3.81. The molecule has 2 rings (SSSR count). The number of carbonyl (C=O) groups excluding carboxylic acids is 1. The number of carboxylic acids is 1. The van der Waals surface area contributed by atoms with Gasteiger partial charge in [0.05, 0.1) is 11.7 Å². The molecule has 1 heterocycles. The molecule has 0 amide bonds. The number of hydrogen-bond donors (Lipinski definition) is 0. The fourth-order valence-corrected chi connectivity index (χ4v) is 1.73. The van der Waals surface area contributed by atoms with E-state index >= 15 is 0 Å². The summed E-state index contributed by atoms with van der Waals surface area (Å²) < 4.78 is 1.48. The second-order valence-electron chi connectivity index (χ2n) is 2.87. The van der Waals surface area contributed by atoms with Crippen LogP contribution < -0.4 is 56.5 Å². The SMILES string of the molecule is O=C([O-])CSc1nnnn1-c1ccccc1.[K+]. The van der Waals surface area contributed by atoms with Crippen LogP contribution in [0.3, 0.4) is 0 Å². The van der Waals surface area contributed by atoms with E-state index in [9.17, 15) is 9.90 Å². The van der Waals surface area contributed by atoms with Crippen molar-refractivity contribution in [2.75, 3.05) is 5.75 Å². The molecule has 1 aromatic carbocycles. The van der Waals surface area contributed by atoms with Gasteiger partial charge in [0.25, 0.3) is 0 Å². The van der Waals surface area contributed by atoms with E-state index in [1.807, 2.05) is 30.3 Å². The minimum Gasteiger partial charge on any atom is -0.549 e. The Morgan fingerprint density at radius 1 is 1.35 bits per heavy atom. The molecule has 0 aliphatic heterocycles. The Labute approximate surface area is 144 Å². The maximum Gasteiger partial charge on any atom is 1.00 e. The summed E-state index contributed by atoms with van der Waals surface area (Å²) in [5.41, 5.74) is 0.786. The number of nitrogens with zero attached hydrogens (tertiary/aromatic N) is 4. The molecule has 17 heavy (non-hydrogen) atoms. The molecule has 8 heteroatoms. The summed E-state index contributed by atoms with van der Waals surface area (Å²) in [7, 11) is 0. The first-order chi connectivity index (χ1) is 7.77. The van der Waals surface area contributed by atoms with Gasteiger partial charge in [0.15, 0.2) is 0 Å². The van der Waals surface area contributed by atoms with Crippen LogP contribution in [0.4, 0.5) is 0 Å². The van der Waals surface area contributed by atoms with E-state index in [4.69, 9.17) is 0 Å². The molecule has 0 radical (unpaired) electrons. The summed E-state index contributed by atoms with van der Waals surface area (Å²) in [4.78, 5) is 10.3. The van der Waals surface area contributed by atoms with Crippen LogP contribution in [0.25, 0.3) is 5.69 Å². The van der Waals surface area contributed by atoms with Crippen molar-refractivity contribution in [1.82, 2.24) is 20.2 Å². The summed E-state index contributed by atoms with van der Waals surface area (Å²) in [5, 5.41) is 21.8. The van der Waals surface area contributed by atoms with Crippen LogP contribution in [0, 0.1) is 0 Å². The number of carbonyl (C=O) groups is 1. The number of thioether (sulfide) groups is 1. The number of aliphatic carboxylic acids is 1. The first kappa shape index (κ1) is 14.8. The average molecular weight is 274 g/mol. The van der Waals surface area contributed by atoms with Gasteiger partial charge in [-0.15, -0.1) is 5.10 Å². The van der Waals surface area contributed by atoms with Gasteiger partial charge < -0.3 is 9.90 Å². The van der Waals surface area contributed by atoms with E-state index in [0.29, 0.717) is 5.16 Å². The smallest absolute Gasteiger partial charge is 0.549 e. The van der Waals surface area contributed by atoms with Crippen molar-refractivity contribution < 1.29 is 61.3 Å². The summed E-state index contributed by atoms with van der Waals surface area (Å²) in [6, 6.07) is 9.25. The third kappa shape index (κ3) is 4.16. The minimum atomic E-state index is -1.15. The molecule has 2 aromatic rings. The van der Waals surface area contributed by atoms with Crippen LogP contribution in [0.15, 0.2) is 35.5 Å². The third-order valence-corrected chi connectivity index (χ3v) is 2.65. The van der Waals surface area contributed by atoms with Crippen molar-refractivity contribution in [2.45, 2.75) is 5.16 Å². The number of aromatic nitrogens is 4. The van der Waals surface area contributed by atoms with Crippen molar-refractivity contribution in [3.63, 3.8) is 0 Å². The predicted octanol–water partition coefficient (Wildman–Crippen LogP) is -3.49. The van der Waals surface area contributed by atoms with Gasteiger partial charge in [-0.25, -0.2) is 0 Å². The molecule has 6 nitrogen and oxygen atoms in total. The van der Waals surface area contributed by atoms with E-state index in [1.165, 1.54) is 4.68 Å². The maximum atomic E-state index is 10.3. The number of tetrazole rings is 1. The molecule has 1 aromatic heterocycles. The first-order valence-electron chi connectivity index (χ1n) is 4.44. The Kier molecular flexibility index (Phi) is 6.31. The Morgan fingerprint density at radius 3 is 2.71 bits per heavy atom. The van der Waals surface area contributed by atoms with E-state index in [0.717, 1.165) is 17.4 Å². The van der Waals surface area contributed by atoms with Gasteiger partial charge in [-0.05, 0) is 22.6 Å². The van der Waals surface area contributed by atoms with E-state index < -0.39 is 5.97 Å². The number of benzene rings is 1. The molecular weight excluding hydrogens is 267 g/mol. The molecule has 0 spiro atoms. The van der Waals surface area contributed by atoms with Crippen molar-refractivity contribution in [2.24, 2.45) is 0 Å². The van der Waals surface area contributed by atoms with Crippen molar-refractivity contribution >= 4 is 17.7 Å². The van der Waals surface area contributed by atoms with E-state index in [1.54, 1.807) is 0 Å². The van der Waals surface area contributed by atoms with Gasteiger partial charge in [0.1, 0.15) is 0 Å². The number of hydrogen-bond acceptors (Lipinski definition) is 6. The van der Waals surface area contributed by atoms with Gasteiger partial charge >= 0.3 is 51.4 Å². The zero-order chi connectivity index (χ0) is 11.4. The van der Waals surface area contributed by atoms with Crippen LogP contribution in [-0.2, 0) is 4.79 Å². The van der Waals surface area contributed by atoms with E-state index in [-0.39, 0.29) is 57.1 Å². The van der Waals surface area contributed by atoms with Crippen molar-refractivity contribution in [1.29, 1.82) is 0 Å². The maximum absolute atomic E-state index is 10.3. The molecule has 0 bridgehead atoms. The molecule has 0 unspecified atom stereocenters. The van der Waals surface area contributed by atoms with Crippen molar-refractivity contribution in [3.8, 4) is 5.69 Å². The second kappa shape index (κ2) is 7.24. The van der Waals surface area contributed by atoms with Crippen LogP contribution in [0.1, 0.15) is 0 Å². The van der Waals surface area contributed by atoms with E-state index in [2.05, 4.69) is 15.5 Å². The average Bonchev–Trinajstić information content (AvgIpc) is 2.75. The molecule has 0 N–H and O–H groups in total. The molecule has 0 saturated heterocycles. The zero-order valence-corrected chi connectivity index (χ0v) is 13.0. The Balaban J connectivity index is 0.00000144. The first-order valence-corrected chi connectivity index (χ1v) is 5.42. The summed E-state index contributed by atoms with van der Waals surface area (Å²) in [5.74, 6) is -1.32. The molecule has 82 valence electrons. The fraction of sp³-hybridized carbons (Fsp3) is 0.111. The predicted molar refractivity (Wildman–Crippen MR) is 54.9 cm³/mol. The number of carboxylic acid groups (broad SMARTS) is 1. The van der Waals surface area contributed by atoms with Crippen LogP contribution in [-0.4, -0.2) is 31.9 Å². The summed E-state index contributed by atoms with van der Waals surface area (Å²) >= 11 is 1.02. The summed E-state index contributed by atoms with van der Waals surface area (Å²) in [6.07, 6.45) is 0. The fourth-order valence-electron chi connectivity index (χ4n) is 1.12. The molecule has 0 aliphatic carbocycles. The topological polar surface area (TPSA) is 83.7 Å². The molecule has 0 fully saturated rings. The number of para-hydroxylation sites is 1. The Morgan fingerprint density at radius 2 is 2.06 bits per heavy atom. The van der Waals surface area contributed by atoms with Gasteiger partial charge in [0.2, 0.25) is 5.16 Å². The monoisotopic (exact) mass is 274 g/mol. The van der Waals surface area contributed by atoms with Crippen molar-refractivity contribution in [3.05, 3.63) is 30.3 Å². The normalized spacial score (nSPS) is 9.65. The molecular formula is C9H7KN4O2S. The molecule has 0 atom stereocenters. The largest absolute Gasteiger partial charge is 1.00 e. The quantitative estimate of drug-likeness (QED) is 0.425.